The molecule has 1 heterocycles. The normalized spacial score (nSPS) is 10.5. The minimum Gasteiger partial charge on any atom is -0.497 e. The Labute approximate surface area is 148 Å². The zero-order valence-corrected chi connectivity index (χ0v) is 14.2. The van der Waals surface area contributed by atoms with E-state index < -0.39 is 0 Å². The highest BCUT2D eigenvalue weighted by Crippen LogP contribution is 2.18. The van der Waals surface area contributed by atoms with E-state index in [1.165, 1.54) is 24.1 Å². The standard InChI is InChI=1S/C18H14FN3O2S/c1-24-14-4-2-12(16(19)9-14)6-7-22-10-20-17-8-13(21-11-25)3-5-15(17)18(22)23/h2-5,8-10H,6-7H2,1H3. The summed E-state index contributed by atoms with van der Waals surface area (Å²) in [6.07, 6.45) is 1.83. The number of aliphatic imine (C=N–C) groups is 1. The summed E-state index contributed by atoms with van der Waals surface area (Å²) in [7, 11) is 1.48. The van der Waals surface area contributed by atoms with E-state index in [9.17, 15) is 9.18 Å². The third-order valence-electron chi connectivity index (χ3n) is 3.87. The molecule has 0 amide bonds. The molecule has 0 saturated carbocycles. The number of fused-ring (bicyclic) bond motifs is 1. The summed E-state index contributed by atoms with van der Waals surface area (Å²) < 4.78 is 20.5. The van der Waals surface area contributed by atoms with E-state index in [0.717, 1.165) is 0 Å². The average Bonchev–Trinajstić information content (AvgIpc) is 2.62. The van der Waals surface area contributed by atoms with Crippen LogP contribution in [-0.2, 0) is 13.0 Å². The van der Waals surface area contributed by atoms with Gasteiger partial charge in [-0.25, -0.2) is 9.37 Å². The summed E-state index contributed by atoms with van der Waals surface area (Å²) in [4.78, 5) is 20.7. The van der Waals surface area contributed by atoms with Crippen molar-refractivity contribution in [2.75, 3.05) is 7.11 Å². The lowest BCUT2D eigenvalue weighted by atomic mass is 10.1. The van der Waals surface area contributed by atoms with Gasteiger partial charge in [-0.1, -0.05) is 6.07 Å². The van der Waals surface area contributed by atoms with Crippen LogP contribution < -0.4 is 10.3 Å². The molecule has 0 aliphatic carbocycles. The minimum absolute atomic E-state index is 0.184. The summed E-state index contributed by atoms with van der Waals surface area (Å²) in [5.41, 5.74) is 1.45. The number of halogens is 1. The third-order valence-corrected chi connectivity index (χ3v) is 3.96. The molecule has 0 saturated heterocycles. The van der Waals surface area contributed by atoms with Crippen molar-refractivity contribution in [3.8, 4) is 5.75 Å². The Kier molecular flexibility index (Phi) is 4.97. The molecule has 1 aromatic heterocycles. The van der Waals surface area contributed by atoms with Gasteiger partial charge in [0.2, 0.25) is 0 Å². The molecular weight excluding hydrogens is 341 g/mol. The van der Waals surface area contributed by atoms with Crippen LogP contribution in [0.1, 0.15) is 5.56 Å². The summed E-state index contributed by atoms with van der Waals surface area (Å²) in [6, 6.07) is 9.68. The maximum absolute atomic E-state index is 14.0. The van der Waals surface area contributed by atoms with Gasteiger partial charge in [-0.3, -0.25) is 9.36 Å². The largest absolute Gasteiger partial charge is 0.497 e. The first-order valence-electron chi connectivity index (χ1n) is 7.52. The molecule has 0 unspecified atom stereocenters. The Bertz CT molecular complexity index is 1040. The maximum Gasteiger partial charge on any atom is 0.261 e. The van der Waals surface area contributed by atoms with E-state index in [1.807, 2.05) is 0 Å². The predicted octanol–water partition coefficient (Wildman–Crippen LogP) is 3.52. The van der Waals surface area contributed by atoms with E-state index >= 15 is 0 Å². The highest BCUT2D eigenvalue weighted by atomic mass is 32.1. The number of methoxy groups -OCH3 is 1. The molecule has 25 heavy (non-hydrogen) atoms. The van der Waals surface area contributed by atoms with Gasteiger partial charge in [0.05, 0.1) is 35.2 Å². The summed E-state index contributed by atoms with van der Waals surface area (Å²) in [5, 5.41) is 2.75. The van der Waals surface area contributed by atoms with Gasteiger partial charge in [-0.2, -0.15) is 4.99 Å². The van der Waals surface area contributed by atoms with Crippen molar-refractivity contribution in [3.63, 3.8) is 0 Å². The highest BCUT2D eigenvalue weighted by Gasteiger charge is 2.08. The molecule has 0 fully saturated rings. The van der Waals surface area contributed by atoms with Crippen LogP contribution in [0, 0.1) is 5.82 Å². The number of isothiocyanates is 1. The van der Waals surface area contributed by atoms with E-state index in [1.54, 1.807) is 30.3 Å². The van der Waals surface area contributed by atoms with Crippen LogP contribution in [0.5, 0.6) is 5.75 Å². The SMILES string of the molecule is COc1ccc(CCn2cnc3cc(N=C=S)ccc3c2=O)c(F)c1. The molecule has 0 atom stereocenters. The van der Waals surface area contributed by atoms with E-state index in [4.69, 9.17) is 4.74 Å². The number of ether oxygens (including phenoxy) is 1. The fraction of sp³-hybridized carbons (Fsp3) is 0.167. The molecule has 7 heteroatoms. The van der Waals surface area contributed by atoms with Gasteiger partial charge >= 0.3 is 0 Å². The van der Waals surface area contributed by atoms with Gasteiger partial charge in [0.15, 0.2) is 0 Å². The minimum atomic E-state index is -0.358. The smallest absolute Gasteiger partial charge is 0.261 e. The lowest BCUT2D eigenvalue weighted by Gasteiger charge is -2.08. The Morgan fingerprint density at radius 3 is 2.88 bits per heavy atom. The lowest BCUT2D eigenvalue weighted by molar-refractivity contribution is 0.410. The van der Waals surface area contributed by atoms with Crippen molar-refractivity contribution in [3.05, 3.63) is 64.5 Å². The number of rotatable bonds is 5. The second-order valence-corrected chi connectivity index (χ2v) is 5.54. The highest BCUT2D eigenvalue weighted by molar-refractivity contribution is 7.78. The molecule has 0 radical (unpaired) electrons. The molecule has 0 bridgehead atoms. The Hall–Kier alpha value is -2.89. The molecule has 126 valence electrons. The topological polar surface area (TPSA) is 56.5 Å². The van der Waals surface area contributed by atoms with Crippen molar-refractivity contribution in [2.45, 2.75) is 13.0 Å². The number of benzene rings is 2. The fourth-order valence-corrected chi connectivity index (χ4v) is 2.63. The van der Waals surface area contributed by atoms with Gasteiger partial charge in [0, 0.05) is 12.6 Å². The Morgan fingerprint density at radius 1 is 1.32 bits per heavy atom. The average molecular weight is 355 g/mol. The predicted molar refractivity (Wildman–Crippen MR) is 97.3 cm³/mol. The lowest BCUT2D eigenvalue weighted by Crippen LogP contribution is -2.21. The maximum atomic E-state index is 14.0. The van der Waals surface area contributed by atoms with Gasteiger partial charge in [-0.15, -0.1) is 0 Å². The van der Waals surface area contributed by atoms with Crippen LogP contribution in [0.25, 0.3) is 10.9 Å². The number of aromatic nitrogens is 2. The van der Waals surface area contributed by atoms with Crippen LogP contribution >= 0.6 is 12.2 Å². The van der Waals surface area contributed by atoms with Crippen molar-refractivity contribution < 1.29 is 9.13 Å². The quantitative estimate of drug-likeness (QED) is 0.519. The van der Waals surface area contributed by atoms with Crippen molar-refractivity contribution >= 4 is 34.0 Å². The van der Waals surface area contributed by atoms with Crippen LogP contribution in [0.3, 0.4) is 0 Å². The molecule has 3 aromatic rings. The van der Waals surface area contributed by atoms with Crippen LogP contribution in [0.4, 0.5) is 10.1 Å². The third kappa shape index (κ3) is 3.63. The number of aryl methyl sites for hydroxylation is 2. The zero-order valence-electron chi connectivity index (χ0n) is 13.4. The van der Waals surface area contributed by atoms with E-state index in [-0.39, 0.29) is 11.4 Å². The fourth-order valence-electron chi connectivity index (χ4n) is 2.53. The van der Waals surface area contributed by atoms with E-state index in [2.05, 4.69) is 27.4 Å². The molecule has 0 aliphatic rings. The molecular formula is C18H14FN3O2S. The Morgan fingerprint density at radius 2 is 2.16 bits per heavy atom. The first-order valence-corrected chi connectivity index (χ1v) is 7.92. The van der Waals surface area contributed by atoms with Crippen LogP contribution in [-0.4, -0.2) is 21.8 Å². The first kappa shape index (κ1) is 17.0. The summed E-state index contributed by atoms with van der Waals surface area (Å²) >= 11 is 4.57. The number of hydrogen-bond donors (Lipinski definition) is 0. The monoisotopic (exact) mass is 355 g/mol. The number of hydrogen-bond acceptors (Lipinski definition) is 5. The number of thiocarbonyl (C=S) groups is 1. The zero-order chi connectivity index (χ0) is 17.8. The molecule has 3 rings (SSSR count). The van der Waals surface area contributed by atoms with Gasteiger partial charge < -0.3 is 4.74 Å². The molecule has 0 spiro atoms. The molecule has 2 aromatic carbocycles. The van der Waals surface area contributed by atoms with Crippen molar-refractivity contribution in [1.82, 2.24) is 9.55 Å². The Balaban J connectivity index is 1.87. The van der Waals surface area contributed by atoms with Crippen molar-refractivity contribution in [2.24, 2.45) is 4.99 Å². The second-order valence-electron chi connectivity index (χ2n) is 5.35. The van der Waals surface area contributed by atoms with Gasteiger partial charge in [0.25, 0.3) is 5.56 Å². The summed E-state index contributed by atoms with van der Waals surface area (Å²) in [5.74, 6) is 0.101. The van der Waals surface area contributed by atoms with Gasteiger partial charge in [-0.05, 0) is 48.5 Å². The van der Waals surface area contributed by atoms with Crippen molar-refractivity contribution in [1.29, 1.82) is 0 Å². The second kappa shape index (κ2) is 7.34. The summed E-state index contributed by atoms with van der Waals surface area (Å²) in [6.45, 7) is 0.324. The molecule has 0 N–H and O–H groups in total. The van der Waals surface area contributed by atoms with Gasteiger partial charge in [0.1, 0.15) is 11.6 Å². The first-order chi connectivity index (χ1) is 12.1. The molecule has 0 aliphatic heterocycles. The van der Waals surface area contributed by atoms with Crippen LogP contribution in [0.15, 0.2) is 52.5 Å². The molecule has 5 nitrogen and oxygen atoms in total. The van der Waals surface area contributed by atoms with Crippen LogP contribution in [0.2, 0.25) is 0 Å². The van der Waals surface area contributed by atoms with E-state index in [0.29, 0.717) is 40.9 Å². The number of nitrogens with zero attached hydrogens (tertiary/aromatic N) is 3.